The van der Waals surface area contributed by atoms with Crippen LogP contribution in [0.15, 0.2) is 48.5 Å². The van der Waals surface area contributed by atoms with E-state index >= 15 is 0 Å². The third kappa shape index (κ3) is 4.08. The minimum absolute atomic E-state index is 0.0309. The largest absolute Gasteiger partial charge is 0.496 e. The molecule has 7 heteroatoms. The van der Waals surface area contributed by atoms with E-state index in [0.717, 1.165) is 21.8 Å². The summed E-state index contributed by atoms with van der Waals surface area (Å²) in [5.74, 6) is 0.361. The predicted molar refractivity (Wildman–Crippen MR) is 99.2 cm³/mol. The second-order valence-corrected chi connectivity index (χ2v) is 6.31. The number of urea groups is 1. The van der Waals surface area contributed by atoms with Gasteiger partial charge in [-0.3, -0.25) is 14.5 Å². The summed E-state index contributed by atoms with van der Waals surface area (Å²) >= 11 is 0. The van der Waals surface area contributed by atoms with E-state index in [1.165, 1.54) is 0 Å². The fourth-order valence-corrected chi connectivity index (χ4v) is 2.93. The zero-order valence-corrected chi connectivity index (χ0v) is 15.3. The van der Waals surface area contributed by atoms with Crippen LogP contribution in [0.25, 0.3) is 0 Å². The molecule has 2 aromatic rings. The van der Waals surface area contributed by atoms with E-state index in [1.807, 2.05) is 24.3 Å². The first-order valence-corrected chi connectivity index (χ1v) is 8.54. The summed E-state index contributed by atoms with van der Waals surface area (Å²) in [6, 6.07) is 14.1. The number of rotatable bonds is 6. The molecular formula is C20H21N3O4. The number of methoxy groups -OCH3 is 1. The monoisotopic (exact) mass is 367 g/mol. The number of amides is 4. The van der Waals surface area contributed by atoms with E-state index < -0.39 is 6.03 Å². The second-order valence-electron chi connectivity index (χ2n) is 6.31. The Morgan fingerprint density at radius 2 is 1.85 bits per heavy atom. The van der Waals surface area contributed by atoms with Crippen molar-refractivity contribution in [3.63, 3.8) is 0 Å². The molecule has 1 aliphatic heterocycles. The van der Waals surface area contributed by atoms with Crippen LogP contribution in [0.4, 0.5) is 4.79 Å². The van der Waals surface area contributed by atoms with Crippen LogP contribution in [0.2, 0.25) is 0 Å². The first-order valence-electron chi connectivity index (χ1n) is 8.54. The lowest BCUT2D eigenvalue weighted by molar-refractivity contribution is -0.125. The van der Waals surface area contributed by atoms with Crippen molar-refractivity contribution in [3.05, 3.63) is 65.2 Å². The van der Waals surface area contributed by atoms with Gasteiger partial charge in [0.25, 0.3) is 5.91 Å². The lowest BCUT2D eigenvalue weighted by atomic mass is 10.1. The molecule has 1 heterocycles. The molecule has 4 amide bonds. The molecule has 0 radical (unpaired) electrons. The Bertz CT molecular complexity index is 848. The lowest BCUT2D eigenvalue weighted by Gasteiger charge is -2.19. The summed E-state index contributed by atoms with van der Waals surface area (Å²) in [5, 5.41) is 2.48. The van der Waals surface area contributed by atoms with Gasteiger partial charge in [0, 0.05) is 24.7 Å². The molecule has 3 rings (SSSR count). The van der Waals surface area contributed by atoms with Gasteiger partial charge in [0.2, 0.25) is 5.91 Å². The van der Waals surface area contributed by atoms with Gasteiger partial charge in [0.15, 0.2) is 0 Å². The van der Waals surface area contributed by atoms with Gasteiger partial charge in [0.1, 0.15) is 5.75 Å². The zero-order valence-electron chi connectivity index (χ0n) is 15.3. The number of carbonyl (C=O) groups excluding carboxylic acids is 3. The molecule has 1 fully saturated rings. The Morgan fingerprint density at radius 1 is 1.15 bits per heavy atom. The molecule has 1 N–H and O–H groups in total. The Balaban J connectivity index is 1.66. The second kappa shape index (κ2) is 7.90. The summed E-state index contributed by atoms with van der Waals surface area (Å²) in [7, 11) is 3.33. The van der Waals surface area contributed by atoms with Crippen LogP contribution >= 0.6 is 0 Å². The Kier molecular flexibility index (Phi) is 5.40. The van der Waals surface area contributed by atoms with Crippen molar-refractivity contribution >= 4 is 17.8 Å². The van der Waals surface area contributed by atoms with E-state index in [-0.39, 0.29) is 24.9 Å². The van der Waals surface area contributed by atoms with Crippen LogP contribution in [0, 0.1) is 0 Å². The van der Waals surface area contributed by atoms with E-state index in [9.17, 15) is 14.4 Å². The van der Waals surface area contributed by atoms with E-state index in [2.05, 4.69) is 5.32 Å². The summed E-state index contributed by atoms with van der Waals surface area (Å²) in [6.45, 7) is 0.645. The molecular weight excluding hydrogens is 346 g/mol. The van der Waals surface area contributed by atoms with E-state index in [1.54, 1.807) is 43.3 Å². The Hall–Kier alpha value is -3.35. The fraction of sp³-hybridized carbons (Fsp3) is 0.250. The van der Waals surface area contributed by atoms with Crippen molar-refractivity contribution in [2.45, 2.75) is 13.1 Å². The molecule has 1 aliphatic rings. The van der Waals surface area contributed by atoms with Crippen LogP contribution in [-0.4, -0.2) is 48.3 Å². The maximum absolute atomic E-state index is 12.7. The minimum atomic E-state index is -0.392. The number of carbonyl (C=O) groups is 3. The average molecular weight is 367 g/mol. The highest BCUT2D eigenvalue weighted by Gasteiger charge is 2.28. The maximum Gasteiger partial charge on any atom is 0.324 e. The highest BCUT2D eigenvalue weighted by Crippen LogP contribution is 2.20. The van der Waals surface area contributed by atoms with Gasteiger partial charge in [-0.2, -0.15) is 0 Å². The third-order valence-electron chi connectivity index (χ3n) is 4.43. The highest BCUT2D eigenvalue weighted by atomic mass is 16.5. The van der Waals surface area contributed by atoms with Gasteiger partial charge < -0.3 is 15.0 Å². The van der Waals surface area contributed by atoms with Crippen molar-refractivity contribution in [1.82, 2.24) is 15.1 Å². The third-order valence-corrected chi connectivity index (χ3v) is 4.43. The van der Waals surface area contributed by atoms with Gasteiger partial charge in [0.05, 0.1) is 20.2 Å². The van der Waals surface area contributed by atoms with Gasteiger partial charge in [-0.25, -0.2) is 4.79 Å². The van der Waals surface area contributed by atoms with Crippen molar-refractivity contribution in [2.75, 3.05) is 20.7 Å². The van der Waals surface area contributed by atoms with Crippen LogP contribution in [0.5, 0.6) is 5.75 Å². The summed E-state index contributed by atoms with van der Waals surface area (Å²) < 4.78 is 5.33. The van der Waals surface area contributed by atoms with Gasteiger partial charge in [-0.15, -0.1) is 0 Å². The molecule has 0 atom stereocenters. The Morgan fingerprint density at radius 3 is 2.48 bits per heavy atom. The van der Waals surface area contributed by atoms with Crippen molar-refractivity contribution in [2.24, 2.45) is 0 Å². The molecule has 0 spiro atoms. The first kappa shape index (κ1) is 18.4. The molecule has 0 aromatic heterocycles. The molecule has 0 unspecified atom stereocenters. The predicted octanol–water partition coefficient (Wildman–Crippen LogP) is 2.02. The number of imide groups is 1. The van der Waals surface area contributed by atoms with Crippen molar-refractivity contribution < 1.29 is 19.1 Å². The van der Waals surface area contributed by atoms with Gasteiger partial charge in [-0.05, 0) is 23.8 Å². The van der Waals surface area contributed by atoms with E-state index in [0.29, 0.717) is 12.1 Å². The SMILES string of the molecule is COc1ccccc1CN(C)C(=O)c1ccc(CN2C(=O)CNC2=O)cc1. The van der Waals surface area contributed by atoms with Crippen molar-refractivity contribution in [3.8, 4) is 5.75 Å². The molecule has 140 valence electrons. The number of ether oxygens (including phenoxy) is 1. The van der Waals surface area contributed by atoms with Crippen LogP contribution < -0.4 is 10.1 Å². The van der Waals surface area contributed by atoms with Gasteiger partial charge in [-0.1, -0.05) is 30.3 Å². The molecule has 0 bridgehead atoms. The van der Waals surface area contributed by atoms with Crippen LogP contribution in [0.1, 0.15) is 21.5 Å². The van der Waals surface area contributed by atoms with Crippen LogP contribution in [-0.2, 0) is 17.9 Å². The first-order chi connectivity index (χ1) is 13.0. The standard InChI is InChI=1S/C20H21N3O4/c1-22(13-16-5-3-4-6-17(16)27-2)19(25)15-9-7-14(8-10-15)12-23-18(24)11-21-20(23)26/h3-10H,11-13H2,1-2H3,(H,21,26). The minimum Gasteiger partial charge on any atom is -0.496 e. The molecule has 0 saturated carbocycles. The van der Waals surface area contributed by atoms with E-state index in [4.69, 9.17) is 4.74 Å². The number of para-hydroxylation sites is 1. The highest BCUT2D eigenvalue weighted by molar-refractivity contribution is 6.01. The normalized spacial score (nSPS) is 13.5. The smallest absolute Gasteiger partial charge is 0.324 e. The number of benzene rings is 2. The molecule has 7 nitrogen and oxygen atoms in total. The number of hydrogen-bond donors (Lipinski definition) is 1. The Labute approximate surface area is 157 Å². The van der Waals surface area contributed by atoms with Gasteiger partial charge >= 0.3 is 6.03 Å². The number of nitrogens with zero attached hydrogens (tertiary/aromatic N) is 2. The summed E-state index contributed by atoms with van der Waals surface area (Å²) in [4.78, 5) is 38.7. The fourth-order valence-electron chi connectivity index (χ4n) is 2.93. The molecule has 0 aliphatic carbocycles. The maximum atomic E-state index is 12.7. The zero-order chi connectivity index (χ0) is 19.4. The average Bonchev–Trinajstić information content (AvgIpc) is 3.00. The topological polar surface area (TPSA) is 79.0 Å². The lowest BCUT2D eigenvalue weighted by Crippen LogP contribution is -2.30. The summed E-state index contributed by atoms with van der Waals surface area (Å²) in [6.07, 6.45) is 0. The number of nitrogens with one attached hydrogen (secondary N) is 1. The molecule has 27 heavy (non-hydrogen) atoms. The molecule has 1 saturated heterocycles. The molecule has 2 aromatic carbocycles. The van der Waals surface area contributed by atoms with Crippen molar-refractivity contribution in [1.29, 1.82) is 0 Å². The summed E-state index contributed by atoms with van der Waals surface area (Å²) in [5.41, 5.74) is 2.24. The number of hydrogen-bond acceptors (Lipinski definition) is 4. The quantitative estimate of drug-likeness (QED) is 0.793. The van der Waals surface area contributed by atoms with Crippen LogP contribution in [0.3, 0.4) is 0 Å².